The number of hydrogen-bond acceptors (Lipinski definition) is 2. The van der Waals surface area contributed by atoms with Gasteiger partial charge in [-0.15, -0.1) is 0 Å². The van der Waals surface area contributed by atoms with E-state index in [1.165, 1.54) is 0 Å². The minimum absolute atomic E-state index is 0.307. The third kappa shape index (κ3) is 0.894. The van der Waals surface area contributed by atoms with Gasteiger partial charge in [0.1, 0.15) is 6.17 Å². The van der Waals surface area contributed by atoms with Gasteiger partial charge in [-0.25, -0.2) is 4.39 Å². The van der Waals surface area contributed by atoms with Crippen LogP contribution >= 0.6 is 0 Å². The molecule has 2 atom stereocenters. The summed E-state index contributed by atoms with van der Waals surface area (Å²) < 4.78 is 12.0. The summed E-state index contributed by atoms with van der Waals surface area (Å²) in [4.78, 5) is 0. The van der Waals surface area contributed by atoms with E-state index in [0.29, 0.717) is 13.1 Å². The fraction of sp³-hybridized carbons (Fsp3) is 1.00. The van der Waals surface area contributed by atoms with E-state index in [0.717, 1.165) is 0 Å². The van der Waals surface area contributed by atoms with Crippen LogP contribution in [0.1, 0.15) is 0 Å². The van der Waals surface area contributed by atoms with Crippen LogP contribution in [0.15, 0.2) is 0 Å². The number of rotatable bonds is 0. The molecule has 7 heavy (non-hydrogen) atoms. The van der Waals surface area contributed by atoms with Gasteiger partial charge in [0.25, 0.3) is 0 Å². The molecule has 0 aromatic rings. The number of halogens is 1. The molecule has 2 unspecified atom stereocenters. The predicted molar refractivity (Wildman–Crippen MR) is 23.8 cm³/mol. The smallest absolute Gasteiger partial charge is 0.139 e. The van der Waals surface area contributed by atoms with E-state index in [9.17, 15) is 4.39 Å². The number of nitrogens with one attached hydrogen (secondary N) is 1. The van der Waals surface area contributed by atoms with Gasteiger partial charge in [-0.1, -0.05) is 0 Å². The average Bonchev–Trinajstić information content (AvgIpc) is 1.91. The molecular weight excluding hydrogens is 97.0 g/mol. The second-order valence-corrected chi connectivity index (χ2v) is 1.74. The second-order valence-electron chi connectivity index (χ2n) is 1.74. The van der Waals surface area contributed by atoms with Gasteiger partial charge in [0.05, 0.1) is 6.10 Å². The average molecular weight is 105 g/mol. The Morgan fingerprint density at radius 2 is 2.29 bits per heavy atom. The summed E-state index contributed by atoms with van der Waals surface area (Å²) in [5.74, 6) is 0. The maximum absolute atomic E-state index is 12.0. The molecule has 0 aromatic carbocycles. The van der Waals surface area contributed by atoms with E-state index in [4.69, 9.17) is 5.11 Å². The Morgan fingerprint density at radius 3 is 2.43 bits per heavy atom. The van der Waals surface area contributed by atoms with Gasteiger partial charge in [0.15, 0.2) is 0 Å². The summed E-state index contributed by atoms with van der Waals surface area (Å²) in [6.45, 7) is 0.711. The van der Waals surface area contributed by atoms with Crippen molar-refractivity contribution in [2.24, 2.45) is 0 Å². The molecule has 0 aromatic heterocycles. The van der Waals surface area contributed by atoms with E-state index >= 15 is 0 Å². The molecule has 1 heterocycles. The maximum atomic E-state index is 12.0. The van der Waals surface area contributed by atoms with Gasteiger partial charge in [0, 0.05) is 13.1 Å². The first-order chi connectivity index (χ1) is 3.30. The lowest BCUT2D eigenvalue weighted by Gasteiger charge is -1.98. The van der Waals surface area contributed by atoms with Crippen LogP contribution in [0.25, 0.3) is 0 Å². The molecule has 0 bridgehead atoms. The van der Waals surface area contributed by atoms with Crippen LogP contribution in [0, 0.1) is 0 Å². The topological polar surface area (TPSA) is 32.3 Å². The highest BCUT2D eigenvalue weighted by atomic mass is 19.1. The first-order valence-corrected chi connectivity index (χ1v) is 2.33. The van der Waals surface area contributed by atoms with Crippen LogP contribution in [0.5, 0.6) is 0 Å². The first kappa shape index (κ1) is 5.00. The highest BCUT2D eigenvalue weighted by Gasteiger charge is 2.23. The van der Waals surface area contributed by atoms with E-state index in [-0.39, 0.29) is 0 Å². The van der Waals surface area contributed by atoms with Crippen molar-refractivity contribution in [2.75, 3.05) is 13.1 Å². The quantitative estimate of drug-likeness (QED) is 0.426. The summed E-state index contributed by atoms with van der Waals surface area (Å²) in [7, 11) is 0. The molecule has 0 spiro atoms. The lowest BCUT2D eigenvalue weighted by Crippen LogP contribution is -2.17. The minimum atomic E-state index is -1.04. The Balaban J connectivity index is 2.33. The molecule has 1 aliphatic rings. The third-order valence-corrected chi connectivity index (χ3v) is 1.11. The highest BCUT2D eigenvalue weighted by molar-refractivity contribution is 4.79. The molecule has 2 N–H and O–H groups in total. The Kier molecular flexibility index (Phi) is 1.25. The molecule has 0 aliphatic carbocycles. The van der Waals surface area contributed by atoms with Crippen molar-refractivity contribution in [3.63, 3.8) is 0 Å². The number of aliphatic hydroxyl groups is 1. The second kappa shape index (κ2) is 1.76. The molecular formula is C4H8FNO. The molecule has 1 aliphatic heterocycles. The number of hydrogen-bond donors (Lipinski definition) is 2. The highest BCUT2D eigenvalue weighted by Crippen LogP contribution is 2.01. The van der Waals surface area contributed by atoms with Crippen LogP contribution in [0.4, 0.5) is 4.39 Å². The lowest BCUT2D eigenvalue weighted by atomic mass is 10.3. The Hall–Kier alpha value is -0.150. The summed E-state index contributed by atoms with van der Waals surface area (Å²) in [6, 6.07) is 0. The van der Waals surface area contributed by atoms with E-state index < -0.39 is 12.3 Å². The lowest BCUT2D eigenvalue weighted by molar-refractivity contribution is 0.118. The van der Waals surface area contributed by atoms with E-state index in [2.05, 4.69) is 5.32 Å². The molecule has 1 saturated heterocycles. The summed E-state index contributed by atoms with van der Waals surface area (Å²) >= 11 is 0. The SMILES string of the molecule is OC1CNCC1F. The zero-order chi connectivity index (χ0) is 5.28. The van der Waals surface area contributed by atoms with Crippen LogP contribution < -0.4 is 5.32 Å². The predicted octanol–water partition coefficient (Wildman–Crippen LogP) is -0.711. The van der Waals surface area contributed by atoms with Crippen molar-refractivity contribution in [1.82, 2.24) is 5.32 Å². The Bertz CT molecular complexity index is 60.7. The zero-order valence-electron chi connectivity index (χ0n) is 3.89. The van der Waals surface area contributed by atoms with Gasteiger partial charge in [-0.2, -0.15) is 0 Å². The number of aliphatic hydroxyl groups excluding tert-OH is 1. The van der Waals surface area contributed by atoms with E-state index in [1.807, 2.05) is 0 Å². The van der Waals surface area contributed by atoms with Crippen molar-refractivity contribution in [3.8, 4) is 0 Å². The van der Waals surface area contributed by atoms with Gasteiger partial charge < -0.3 is 10.4 Å². The largest absolute Gasteiger partial charge is 0.389 e. The molecule has 2 nitrogen and oxygen atoms in total. The van der Waals surface area contributed by atoms with E-state index in [1.54, 1.807) is 0 Å². The van der Waals surface area contributed by atoms with Gasteiger partial charge >= 0.3 is 0 Å². The van der Waals surface area contributed by atoms with Crippen LogP contribution in [-0.2, 0) is 0 Å². The molecule has 1 fully saturated rings. The van der Waals surface area contributed by atoms with Crippen molar-refractivity contribution < 1.29 is 9.50 Å². The summed E-state index contributed by atoms with van der Waals surface area (Å²) in [5, 5.41) is 11.3. The standard InChI is InChI=1S/C4H8FNO/c5-3-1-6-2-4(3)7/h3-4,6-7H,1-2H2. The fourth-order valence-corrected chi connectivity index (χ4v) is 0.633. The summed E-state index contributed by atoms with van der Waals surface area (Å²) in [6.07, 6.45) is -1.81. The number of β-amino-alcohol motifs (C(OH)–C–C–N with tert-alkyl or cyclic N) is 1. The monoisotopic (exact) mass is 105 g/mol. The number of alkyl halides is 1. The van der Waals surface area contributed by atoms with Crippen LogP contribution in [0.3, 0.4) is 0 Å². The summed E-state index contributed by atoms with van der Waals surface area (Å²) in [5.41, 5.74) is 0. The molecule has 0 radical (unpaired) electrons. The maximum Gasteiger partial charge on any atom is 0.139 e. The third-order valence-electron chi connectivity index (χ3n) is 1.11. The Labute approximate surface area is 41.3 Å². The van der Waals surface area contributed by atoms with Crippen molar-refractivity contribution in [1.29, 1.82) is 0 Å². The molecule has 1 rings (SSSR count). The minimum Gasteiger partial charge on any atom is -0.389 e. The van der Waals surface area contributed by atoms with Crippen molar-refractivity contribution >= 4 is 0 Å². The van der Waals surface area contributed by atoms with Crippen molar-refractivity contribution in [3.05, 3.63) is 0 Å². The molecule has 42 valence electrons. The van der Waals surface area contributed by atoms with Gasteiger partial charge in [0.2, 0.25) is 0 Å². The van der Waals surface area contributed by atoms with Crippen LogP contribution in [-0.4, -0.2) is 30.5 Å². The van der Waals surface area contributed by atoms with Gasteiger partial charge in [-0.3, -0.25) is 0 Å². The fourth-order valence-electron chi connectivity index (χ4n) is 0.633. The zero-order valence-corrected chi connectivity index (χ0v) is 3.89. The molecule has 0 saturated carbocycles. The molecule has 3 heteroatoms. The first-order valence-electron chi connectivity index (χ1n) is 2.33. The van der Waals surface area contributed by atoms with Crippen LogP contribution in [0.2, 0.25) is 0 Å². The van der Waals surface area contributed by atoms with Crippen molar-refractivity contribution in [2.45, 2.75) is 12.3 Å². The Morgan fingerprint density at radius 1 is 1.57 bits per heavy atom. The molecule has 0 amide bonds. The van der Waals surface area contributed by atoms with Gasteiger partial charge in [-0.05, 0) is 0 Å². The normalized spacial score (nSPS) is 42.0.